The fourth-order valence-corrected chi connectivity index (χ4v) is 6.46. The zero-order valence-corrected chi connectivity index (χ0v) is 21.1. The number of phenolic OH excluding ortho intramolecular Hbond substituents is 1. The maximum absolute atomic E-state index is 15.2. The van der Waals surface area contributed by atoms with Crippen LogP contribution in [0.1, 0.15) is 52.4 Å². The summed E-state index contributed by atoms with van der Waals surface area (Å²) in [7, 11) is 3.43. The Morgan fingerprint density at radius 1 is 1.00 bits per heavy atom. The van der Waals surface area contributed by atoms with Gasteiger partial charge in [-0.05, 0) is 61.1 Å². The van der Waals surface area contributed by atoms with E-state index in [1.54, 1.807) is 12.1 Å². The summed E-state index contributed by atoms with van der Waals surface area (Å²) < 4.78 is 35.2. The van der Waals surface area contributed by atoms with Crippen LogP contribution < -0.4 is 9.64 Å². The van der Waals surface area contributed by atoms with Gasteiger partial charge in [0.05, 0.1) is 24.1 Å². The van der Waals surface area contributed by atoms with Gasteiger partial charge in [-0.1, -0.05) is 20.3 Å². The minimum absolute atomic E-state index is 0.0484. The third-order valence-electron chi connectivity index (χ3n) is 8.00. The number of fused-ring (bicyclic) bond motifs is 2. The van der Waals surface area contributed by atoms with Gasteiger partial charge in [0.1, 0.15) is 12.1 Å². The highest BCUT2D eigenvalue weighted by molar-refractivity contribution is 5.74. The molecule has 1 aromatic carbocycles. The molecule has 2 fully saturated rings. The second kappa shape index (κ2) is 8.94. The van der Waals surface area contributed by atoms with E-state index in [0.29, 0.717) is 22.7 Å². The molecule has 0 amide bonds. The van der Waals surface area contributed by atoms with E-state index in [-0.39, 0.29) is 28.4 Å². The molecule has 2 aliphatic carbocycles. The first kappa shape index (κ1) is 24.3. The molecule has 2 saturated carbocycles. The molecule has 2 aliphatic rings. The quantitative estimate of drug-likeness (QED) is 0.480. The largest absolute Gasteiger partial charge is 0.507 e. The molecule has 2 bridgehead atoms. The number of ether oxygens (including phenoxy) is 1. The number of aromatic nitrogens is 4. The predicted molar refractivity (Wildman–Crippen MR) is 133 cm³/mol. The van der Waals surface area contributed by atoms with E-state index in [2.05, 4.69) is 38.9 Å². The Morgan fingerprint density at radius 3 is 2.36 bits per heavy atom. The van der Waals surface area contributed by atoms with E-state index in [0.717, 1.165) is 18.9 Å². The molecule has 5 rings (SSSR count). The van der Waals surface area contributed by atoms with Crippen LogP contribution in [0.15, 0.2) is 30.6 Å². The van der Waals surface area contributed by atoms with Gasteiger partial charge in [0.15, 0.2) is 17.5 Å². The number of hydrogen-bond donors (Lipinski definition) is 1. The molecular weight excluding hydrogens is 464 g/mol. The van der Waals surface area contributed by atoms with Gasteiger partial charge in [-0.25, -0.2) is 18.7 Å². The van der Waals surface area contributed by atoms with Gasteiger partial charge in [-0.2, -0.15) is 0 Å². The highest BCUT2D eigenvalue weighted by Crippen LogP contribution is 2.56. The van der Waals surface area contributed by atoms with E-state index in [4.69, 9.17) is 4.74 Å². The fraction of sp³-hybridized carbons (Fsp3) is 0.481. The average Bonchev–Trinajstić information content (AvgIpc) is 2.85. The molecule has 0 saturated heterocycles. The zero-order valence-electron chi connectivity index (χ0n) is 21.1. The van der Waals surface area contributed by atoms with E-state index in [1.807, 2.05) is 7.05 Å². The standard InChI is InChI=1S/C27H31F2N5O2/c1-26-8-5-9-27(2,14-26)13-16(12-26)34(3)21-7-6-18(32-33-21)23-20(35)10-17(24(28)25(23)29)19-11-22(36-4)31-15-30-19/h6-7,10-11,15-16,35H,5,8-9,12-14H2,1-4H3/t16?,26-,27+. The van der Waals surface area contributed by atoms with Crippen LogP contribution in [0.2, 0.25) is 0 Å². The Morgan fingerprint density at radius 2 is 1.72 bits per heavy atom. The van der Waals surface area contributed by atoms with Gasteiger partial charge in [-0.15, -0.1) is 10.2 Å². The van der Waals surface area contributed by atoms with Crippen LogP contribution in [0, 0.1) is 22.5 Å². The van der Waals surface area contributed by atoms with Crippen molar-refractivity contribution in [3.05, 3.63) is 42.2 Å². The van der Waals surface area contributed by atoms with Crippen molar-refractivity contribution in [1.29, 1.82) is 0 Å². The van der Waals surface area contributed by atoms with Gasteiger partial charge < -0.3 is 14.7 Å². The average molecular weight is 496 g/mol. The number of rotatable bonds is 5. The molecule has 2 aromatic heterocycles. The highest BCUT2D eigenvalue weighted by Gasteiger charge is 2.47. The summed E-state index contributed by atoms with van der Waals surface area (Å²) in [6.45, 7) is 4.78. The normalized spacial score (nSPS) is 25.4. The second-order valence-electron chi connectivity index (χ2n) is 11.0. The number of halogens is 2. The SMILES string of the molecule is COc1cc(-c2cc(O)c(-c3ccc(N(C)C4C[C@]5(C)CCC[C@](C)(C4)C5)nn3)c(F)c2F)ncn1. The molecule has 3 aromatic rings. The Kier molecular flexibility index (Phi) is 6.04. The minimum atomic E-state index is -1.22. The van der Waals surface area contributed by atoms with Crippen LogP contribution >= 0.6 is 0 Å². The van der Waals surface area contributed by atoms with Crippen molar-refractivity contribution in [2.45, 2.75) is 58.4 Å². The third-order valence-corrected chi connectivity index (χ3v) is 8.00. The summed E-state index contributed by atoms with van der Waals surface area (Å²) in [5.74, 6) is -1.97. The van der Waals surface area contributed by atoms with Crippen molar-refractivity contribution < 1.29 is 18.6 Å². The van der Waals surface area contributed by atoms with Crippen molar-refractivity contribution in [1.82, 2.24) is 20.2 Å². The van der Waals surface area contributed by atoms with Crippen LogP contribution in [0.3, 0.4) is 0 Å². The summed E-state index contributed by atoms with van der Waals surface area (Å²) in [6, 6.07) is 6.14. The van der Waals surface area contributed by atoms with E-state index in [1.165, 1.54) is 45.2 Å². The van der Waals surface area contributed by atoms with Crippen LogP contribution in [0.25, 0.3) is 22.5 Å². The number of benzene rings is 1. The summed E-state index contributed by atoms with van der Waals surface area (Å²) in [5, 5.41) is 19.1. The summed E-state index contributed by atoms with van der Waals surface area (Å²) in [4.78, 5) is 9.99. The molecule has 0 aliphatic heterocycles. The lowest BCUT2D eigenvalue weighted by Crippen LogP contribution is -2.49. The van der Waals surface area contributed by atoms with Gasteiger partial charge in [-0.3, -0.25) is 0 Å². The number of methoxy groups -OCH3 is 1. The van der Waals surface area contributed by atoms with E-state index >= 15 is 8.78 Å². The molecule has 2 heterocycles. The summed E-state index contributed by atoms with van der Waals surface area (Å²) >= 11 is 0. The molecule has 0 radical (unpaired) electrons. The molecule has 9 heteroatoms. The maximum Gasteiger partial charge on any atom is 0.216 e. The molecule has 1 unspecified atom stereocenters. The molecule has 190 valence electrons. The number of anilines is 1. The van der Waals surface area contributed by atoms with Gasteiger partial charge >= 0.3 is 0 Å². The second-order valence-corrected chi connectivity index (χ2v) is 11.0. The van der Waals surface area contributed by atoms with Crippen molar-refractivity contribution >= 4 is 5.82 Å². The molecule has 7 nitrogen and oxygen atoms in total. The van der Waals surface area contributed by atoms with Gasteiger partial charge in [0.25, 0.3) is 0 Å². The Bertz CT molecular complexity index is 1270. The molecule has 0 spiro atoms. The van der Waals surface area contributed by atoms with Gasteiger partial charge in [0.2, 0.25) is 5.88 Å². The first-order valence-corrected chi connectivity index (χ1v) is 12.3. The maximum atomic E-state index is 15.2. The first-order valence-electron chi connectivity index (χ1n) is 12.3. The number of aromatic hydroxyl groups is 1. The van der Waals surface area contributed by atoms with Crippen molar-refractivity contribution in [2.75, 3.05) is 19.1 Å². The lowest BCUT2D eigenvalue weighted by molar-refractivity contribution is 0.0141. The van der Waals surface area contributed by atoms with Crippen molar-refractivity contribution in [3.63, 3.8) is 0 Å². The number of nitrogens with zero attached hydrogens (tertiary/aromatic N) is 5. The Hall–Kier alpha value is -3.36. The zero-order chi connectivity index (χ0) is 25.7. The number of phenols is 1. The smallest absolute Gasteiger partial charge is 0.216 e. The molecule has 1 N–H and O–H groups in total. The van der Waals surface area contributed by atoms with Crippen molar-refractivity contribution in [2.24, 2.45) is 10.8 Å². The van der Waals surface area contributed by atoms with Crippen LogP contribution in [0.4, 0.5) is 14.6 Å². The monoisotopic (exact) mass is 495 g/mol. The number of hydrogen-bond acceptors (Lipinski definition) is 7. The fourth-order valence-electron chi connectivity index (χ4n) is 6.46. The molecule has 3 atom stereocenters. The van der Waals surface area contributed by atoms with E-state index < -0.39 is 17.4 Å². The first-order chi connectivity index (χ1) is 17.1. The van der Waals surface area contributed by atoms with Gasteiger partial charge in [0, 0.05) is 24.7 Å². The van der Waals surface area contributed by atoms with E-state index in [9.17, 15) is 5.11 Å². The summed E-state index contributed by atoms with van der Waals surface area (Å²) in [5.41, 5.74) is 0.253. The van der Waals surface area contributed by atoms with Crippen LogP contribution in [-0.4, -0.2) is 45.5 Å². The lowest BCUT2D eigenvalue weighted by atomic mass is 9.55. The van der Waals surface area contributed by atoms with Crippen LogP contribution in [0.5, 0.6) is 11.6 Å². The molecule has 36 heavy (non-hydrogen) atoms. The predicted octanol–water partition coefficient (Wildman–Crippen LogP) is 5.78. The van der Waals surface area contributed by atoms with Crippen LogP contribution in [-0.2, 0) is 0 Å². The van der Waals surface area contributed by atoms with Crippen molar-refractivity contribution in [3.8, 4) is 34.1 Å². The minimum Gasteiger partial charge on any atom is -0.507 e. The topological polar surface area (TPSA) is 84.3 Å². The summed E-state index contributed by atoms with van der Waals surface area (Å²) in [6.07, 6.45) is 8.41. The Labute approximate surface area is 209 Å². The lowest BCUT2D eigenvalue weighted by Gasteiger charge is -2.54. The highest BCUT2D eigenvalue weighted by atomic mass is 19.2. The Balaban J connectivity index is 1.42. The molecular formula is C27H31F2N5O2. The third kappa shape index (κ3) is 4.35.